The zero-order chi connectivity index (χ0) is 23.7. The van der Waals surface area contributed by atoms with Crippen LogP contribution in [0.15, 0.2) is 57.0 Å². The van der Waals surface area contributed by atoms with Crippen molar-refractivity contribution in [3.05, 3.63) is 69.2 Å². The number of nitrogens with zero attached hydrogens (tertiary/aromatic N) is 2. The summed E-state index contributed by atoms with van der Waals surface area (Å²) in [5.41, 5.74) is 0.780. The van der Waals surface area contributed by atoms with Crippen LogP contribution in [0.1, 0.15) is 30.0 Å². The van der Waals surface area contributed by atoms with Crippen molar-refractivity contribution in [1.82, 2.24) is 14.9 Å². The molecule has 0 radical (unpaired) electrons. The fourth-order valence-electron chi connectivity index (χ4n) is 3.60. The van der Waals surface area contributed by atoms with Gasteiger partial charge in [-0.3, -0.25) is 14.2 Å². The second kappa shape index (κ2) is 9.55. The molecule has 4 heterocycles. The van der Waals surface area contributed by atoms with Gasteiger partial charge in [-0.05, 0) is 49.2 Å². The van der Waals surface area contributed by atoms with E-state index in [4.69, 9.17) is 18.9 Å². The normalized spacial score (nSPS) is 13.4. The molecule has 0 spiro atoms. The van der Waals surface area contributed by atoms with Gasteiger partial charge in [-0.1, -0.05) is 24.8 Å². The second-order valence-corrected chi connectivity index (χ2v) is 10.2. The molecule has 34 heavy (non-hydrogen) atoms. The minimum Gasteiger partial charge on any atom is -0.467 e. The van der Waals surface area contributed by atoms with E-state index in [9.17, 15) is 9.59 Å². The molecule has 0 unspecified atom stereocenters. The van der Waals surface area contributed by atoms with E-state index in [2.05, 4.69) is 5.32 Å². The van der Waals surface area contributed by atoms with Gasteiger partial charge < -0.3 is 19.2 Å². The molecule has 8 nitrogen and oxygen atoms in total. The molecule has 0 saturated heterocycles. The van der Waals surface area contributed by atoms with Gasteiger partial charge in [0.15, 0.2) is 16.7 Å². The number of furan rings is 1. The molecule has 1 aromatic carbocycles. The number of aryl methyl sites for hydroxylation is 1. The molecule has 0 fully saturated rings. The Hall–Kier alpha value is -3.24. The molecule has 5 rings (SSSR count). The van der Waals surface area contributed by atoms with E-state index in [-0.39, 0.29) is 24.8 Å². The smallest absolute Gasteiger partial charge is 0.263 e. The van der Waals surface area contributed by atoms with Crippen molar-refractivity contribution in [3.63, 3.8) is 0 Å². The number of thioether (sulfide) groups is 1. The number of fused-ring (bicyclic) bond motifs is 2. The molecule has 0 saturated carbocycles. The van der Waals surface area contributed by atoms with Crippen LogP contribution < -0.4 is 20.3 Å². The van der Waals surface area contributed by atoms with Crippen molar-refractivity contribution in [2.24, 2.45) is 0 Å². The minimum absolute atomic E-state index is 0.132. The number of amides is 1. The number of ether oxygens (including phenoxy) is 2. The highest BCUT2D eigenvalue weighted by Crippen LogP contribution is 2.32. The van der Waals surface area contributed by atoms with Crippen molar-refractivity contribution in [2.45, 2.75) is 43.8 Å². The van der Waals surface area contributed by atoms with Gasteiger partial charge >= 0.3 is 0 Å². The van der Waals surface area contributed by atoms with E-state index >= 15 is 0 Å². The number of carbonyl (C=O) groups is 1. The Labute approximate surface area is 203 Å². The lowest BCUT2D eigenvalue weighted by molar-refractivity contribution is -0.120. The predicted molar refractivity (Wildman–Crippen MR) is 131 cm³/mol. The number of hydrogen-bond acceptors (Lipinski definition) is 8. The highest BCUT2D eigenvalue weighted by atomic mass is 32.2. The standard InChI is InChI=1S/C24H23N3O5S2/c1-3-17-10-18-22(34-17)26-24(27(23(18)29)12-16-5-4-8-30-16)33-14(2)21(28)25-11-15-6-7-19-20(9-15)32-13-31-19/h4-10,14H,3,11-13H2,1-2H3,(H,25,28)/t14-/m0/s1. The lowest BCUT2D eigenvalue weighted by Gasteiger charge is -2.15. The van der Waals surface area contributed by atoms with Gasteiger partial charge in [-0.2, -0.15) is 0 Å². The van der Waals surface area contributed by atoms with Gasteiger partial charge in [-0.25, -0.2) is 4.98 Å². The second-order valence-electron chi connectivity index (χ2n) is 7.82. The van der Waals surface area contributed by atoms with Crippen molar-refractivity contribution < 1.29 is 18.7 Å². The lowest BCUT2D eigenvalue weighted by atomic mass is 10.2. The third-order valence-electron chi connectivity index (χ3n) is 5.46. The monoisotopic (exact) mass is 497 g/mol. The molecule has 1 atom stereocenters. The van der Waals surface area contributed by atoms with Crippen molar-refractivity contribution in [2.75, 3.05) is 6.79 Å². The van der Waals surface area contributed by atoms with Gasteiger partial charge in [0.1, 0.15) is 10.6 Å². The Bertz CT molecular complexity index is 1390. The van der Waals surface area contributed by atoms with Gasteiger partial charge in [0.2, 0.25) is 12.7 Å². The van der Waals surface area contributed by atoms with Crippen LogP contribution in [0, 0.1) is 0 Å². The van der Waals surface area contributed by atoms with E-state index in [1.165, 1.54) is 23.1 Å². The average molecular weight is 498 g/mol. The minimum atomic E-state index is -0.466. The highest BCUT2D eigenvalue weighted by molar-refractivity contribution is 8.00. The molecule has 0 bridgehead atoms. The zero-order valence-electron chi connectivity index (χ0n) is 18.7. The summed E-state index contributed by atoms with van der Waals surface area (Å²) < 4.78 is 17.8. The van der Waals surface area contributed by atoms with Crippen molar-refractivity contribution in [1.29, 1.82) is 0 Å². The molecule has 4 aromatic rings. The van der Waals surface area contributed by atoms with Crippen LogP contribution in [0.2, 0.25) is 0 Å². The van der Waals surface area contributed by atoms with Crippen molar-refractivity contribution in [3.8, 4) is 11.5 Å². The number of rotatable bonds is 8. The van der Waals surface area contributed by atoms with E-state index in [1.54, 1.807) is 23.8 Å². The Morgan fingerprint density at radius 3 is 2.91 bits per heavy atom. The molecule has 1 aliphatic rings. The highest BCUT2D eigenvalue weighted by Gasteiger charge is 2.21. The first-order valence-corrected chi connectivity index (χ1v) is 12.6. The number of hydrogen-bond donors (Lipinski definition) is 1. The maximum absolute atomic E-state index is 13.3. The number of thiophene rings is 1. The van der Waals surface area contributed by atoms with E-state index in [1.807, 2.05) is 37.3 Å². The summed E-state index contributed by atoms with van der Waals surface area (Å²) in [5.74, 6) is 1.88. The van der Waals surface area contributed by atoms with Gasteiger partial charge in [-0.15, -0.1) is 11.3 Å². The van der Waals surface area contributed by atoms with Crippen LogP contribution in [0.5, 0.6) is 11.5 Å². The fraction of sp³-hybridized carbons (Fsp3) is 0.292. The summed E-state index contributed by atoms with van der Waals surface area (Å²) in [5, 5.41) is 3.57. The van der Waals surface area contributed by atoms with Crippen molar-refractivity contribution >= 4 is 39.2 Å². The van der Waals surface area contributed by atoms with Crippen LogP contribution in [0.3, 0.4) is 0 Å². The zero-order valence-corrected chi connectivity index (χ0v) is 20.3. The largest absolute Gasteiger partial charge is 0.467 e. The average Bonchev–Trinajstić information content (AvgIpc) is 3.60. The topological polar surface area (TPSA) is 95.6 Å². The summed E-state index contributed by atoms with van der Waals surface area (Å²) in [4.78, 5) is 32.7. The molecule has 0 aliphatic carbocycles. The lowest BCUT2D eigenvalue weighted by Crippen LogP contribution is -2.31. The van der Waals surface area contributed by atoms with Gasteiger partial charge in [0.25, 0.3) is 5.56 Å². The number of aromatic nitrogens is 2. The molecule has 3 aromatic heterocycles. The van der Waals surface area contributed by atoms with Crippen LogP contribution in [0.25, 0.3) is 10.2 Å². The first kappa shape index (κ1) is 22.5. The Balaban J connectivity index is 1.35. The van der Waals surface area contributed by atoms with Crippen LogP contribution in [0.4, 0.5) is 0 Å². The van der Waals surface area contributed by atoms with Gasteiger partial charge in [0.05, 0.1) is 23.4 Å². The first-order chi connectivity index (χ1) is 16.5. The molecule has 1 amide bonds. The van der Waals surface area contributed by atoms with E-state index < -0.39 is 5.25 Å². The summed E-state index contributed by atoms with van der Waals surface area (Å²) in [6, 6.07) is 11.1. The fourth-order valence-corrected chi connectivity index (χ4v) is 5.55. The molecule has 1 N–H and O–H groups in total. The molecule has 10 heteroatoms. The molecular formula is C24H23N3O5S2. The molecular weight excluding hydrogens is 474 g/mol. The third kappa shape index (κ3) is 4.55. The number of benzene rings is 1. The summed E-state index contributed by atoms with van der Waals surface area (Å²) in [6.45, 7) is 4.67. The SMILES string of the molecule is CCc1cc2c(=O)n(Cc3ccco3)c(S[C@@H](C)C(=O)NCc3ccc4c(c3)OCO4)nc2s1. The van der Waals surface area contributed by atoms with Crippen LogP contribution in [-0.4, -0.2) is 27.5 Å². The number of nitrogens with one attached hydrogen (secondary N) is 1. The summed E-state index contributed by atoms with van der Waals surface area (Å²) >= 11 is 2.77. The molecule has 1 aliphatic heterocycles. The Morgan fingerprint density at radius 1 is 1.26 bits per heavy atom. The molecule has 176 valence electrons. The predicted octanol–water partition coefficient (Wildman–Crippen LogP) is 4.19. The quantitative estimate of drug-likeness (QED) is 0.288. The third-order valence-corrected chi connectivity index (χ3v) is 7.73. The maximum atomic E-state index is 13.3. The van der Waals surface area contributed by atoms with Crippen LogP contribution >= 0.6 is 23.1 Å². The Morgan fingerprint density at radius 2 is 2.12 bits per heavy atom. The van der Waals surface area contributed by atoms with E-state index in [0.717, 1.165) is 16.9 Å². The van der Waals surface area contributed by atoms with E-state index in [0.29, 0.717) is 39.2 Å². The van der Waals surface area contributed by atoms with Gasteiger partial charge in [0, 0.05) is 11.4 Å². The van der Waals surface area contributed by atoms with Crippen LogP contribution in [-0.2, 0) is 24.3 Å². The summed E-state index contributed by atoms with van der Waals surface area (Å²) in [7, 11) is 0. The maximum Gasteiger partial charge on any atom is 0.263 e. The summed E-state index contributed by atoms with van der Waals surface area (Å²) in [6.07, 6.45) is 2.41. The first-order valence-electron chi connectivity index (χ1n) is 10.9. The number of carbonyl (C=O) groups excluding carboxylic acids is 1. The Kier molecular flexibility index (Phi) is 6.34.